The number of benzene rings is 1. The van der Waals surface area contributed by atoms with Crippen LogP contribution in [-0.2, 0) is 9.47 Å². The van der Waals surface area contributed by atoms with Crippen molar-refractivity contribution in [3.63, 3.8) is 0 Å². The second kappa shape index (κ2) is 8.74. The van der Waals surface area contributed by atoms with Crippen LogP contribution in [0.2, 0.25) is 5.02 Å². The standard InChI is InChI=1S/C13H19ClN2O3/c1-17-8-9-18-6-3-7-19-11-5-2-4-10(14)12(11)13(15)16/h2,4-5H,3,6-9H2,1H3,(H3,15,16). The molecule has 0 atom stereocenters. The number of ether oxygens (including phenoxy) is 3. The monoisotopic (exact) mass is 286 g/mol. The van der Waals surface area contributed by atoms with Gasteiger partial charge in [-0.1, -0.05) is 17.7 Å². The lowest BCUT2D eigenvalue weighted by Gasteiger charge is -2.11. The van der Waals surface area contributed by atoms with E-state index in [1.54, 1.807) is 25.3 Å². The summed E-state index contributed by atoms with van der Waals surface area (Å²) in [4.78, 5) is 0. The van der Waals surface area contributed by atoms with E-state index in [1.807, 2.05) is 0 Å². The number of amidine groups is 1. The molecular weight excluding hydrogens is 268 g/mol. The second-order valence-corrected chi connectivity index (χ2v) is 4.24. The number of nitrogens with one attached hydrogen (secondary N) is 1. The molecule has 0 heterocycles. The van der Waals surface area contributed by atoms with Crippen LogP contribution in [0.3, 0.4) is 0 Å². The molecule has 0 radical (unpaired) electrons. The van der Waals surface area contributed by atoms with Crippen molar-refractivity contribution in [3.8, 4) is 5.75 Å². The SMILES string of the molecule is COCCOCCCOc1cccc(Cl)c1C(=N)N. The predicted molar refractivity (Wildman–Crippen MR) is 75.3 cm³/mol. The first-order chi connectivity index (χ1) is 9.16. The smallest absolute Gasteiger partial charge is 0.131 e. The van der Waals surface area contributed by atoms with Crippen molar-refractivity contribution in [3.05, 3.63) is 28.8 Å². The summed E-state index contributed by atoms with van der Waals surface area (Å²) in [6.07, 6.45) is 0.744. The van der Waals surface area contributed by atoms with Gasteiger partial charge in [-0.15, -0.1) is 0 Å². The lowest BCUT2D eigenvalue weighted by atomic mass is 10.2. The Hall–Kier alpha value is -1.30. The van der Waals surface area contributed by atoms with Crippen molar-refractivity contribution < 1.29 is 14.2 Å². The summed E-state index contributed by atoms with van der Waals surface area (Å²) in [5.74, 6) is 0.425. The van der Waals surface area contributed by atoms with E-state index in [-0.39, 0.29) is 5.84 Å². The molecule has 1 rings (SSSR count). The molecule has 0 aliphatic rings. The van der Waals surface area contributed by atoms with Crippen LogP contribution in [0.25, 0.3) is 0 Å². The van der Waals surface area contributed by atoms with E-state index in [2.05, 4.69) is 0 Å². The molecule has 0 saturated heterocycles. The van der Waals surface area contributed by atoms with Gasteiger partial charge in [0.2, 0.25) is 0 Å². The first-order valence-electron chi connectivity index (χ1n) is 5.99. The third-order valence-electron chi connectivity index (χ3n) is 2.37. The zero-order chi connectivity index (χ0) is 14.1. The number of nitrogen functional groups attached to an aromatic ring is 1. The number of rotatable bonds is 9. The molecule has 0 aliphatic carbocycles. The molecular formula is C13H19ClN2O3. The number of hydrogen-bond acceptors (Lipinski definition) is 4. The first-order valence-corrected chi connectivity index (χ1v) is 6.37. The average molecular weight is 287 g/mol. The molecule has 1 aromatic carbocycles. The van der Waals surface area contributed by atoms with Gasteiger partial charge >= 0.3 is 0 Å². The van der Waals surface area contributed by atoms with E-state index < -0.39 is 0 Å². The highest BCUT2D eigenvalue weighted by atomic mass is 35.5. The first kappa shape index (κ1) is 15.8. The summed E-state index contributed by atoms with van der Waals surface area (Å²) in [7, 11) is 1.63. The van der Waals surface area contributed by atoms with Gasteiger partial charge in [0.15, 0.2) is 0 Å². The quantitative estimate of drug-likeness (QED) is 0.414. The van der Waals surface area contributed by atoms with E-state index in [0.717, 1.165) is 6.42 Å². The van der Waals surface area contributed by atoms with Gasteiger partial charge in [-0.3, -0.25) is 5.41 Å². The molecule has 6 heteroatoms. The number of nitrogens with two attached hydrogens (primary N) is 1. The van der Waals surface area contributed by atoms with Gasteiger partial charge in [-0.05, 0) is 12.1 Å². The van der Waals surface area contributed by atoms with Gasteiger partial charge in [0.05, 0.1) is 30.4 Å². The molecule has 5 nitrogen and oxygen atoms in total. The minimum atomic E-state index is -0.100. The zero-order valence-electron chi connectivity index (χ0n) is 10.9. The fourth-order valence-electron chi connectivity index (χ4n) is 1.47. The van der Waals surface area contributed by atoms with Crippen molar-refractivity contribution in [2.45, 2.75) is 6.42 Å². The fraction of sp³-hybridized carbons (Fsp3) is 0.462. The molecule has 0 unspecified atom stereocenters. The minimum absolute atomic E-state index is 0.100. The van der Waals surface area contributed by atoms with Crippen molar-refractivity contribution in [2.24, 2.45) is 5.73 Å². The number of methoxy groups -OCH3 is 1. The van der Waals surface area contributed by atoms with Gasteiger partial charge in [0.1, 0.15) is 11.6 Å². The normalized spacial score (nSPS) is 10.4. The summed E-state index contributed by atoms with van der Waals surface area (Å²) >= 11 is 5.98. The van der Waals surface area contributed by atoms with E-state index >= 15 is 0 Å². The highest BCUT2D eigenvalue weighted by Gasteiger charge is 2.10. The molecule has 106 valence electrons. The van der Waals surface area contributed by atoms with Crippen LogP contribution in [-0.4, -0.2) is 39.4 Å². The van der Waals surface area contributed by atoms with Gasteiger partial charge in [-0.2, -0.15) is 0 Å². The average Bonchev–Trinajstić information content (AvgIpc) is 2.37. The summed E-state index contributed by atoms with van der Waals surface area (Å²) < 4.78 is 15.7. The van der Waals surface area contributed by atoms with Crippen LogP contribution in [0.5, 0.6) is 5.75 Å². The summed E-state index contributed by atoms with van der Waals surface area (Å²) in [6, 6.07) is 5.19. The van der Waals surface area contributed by atoms with Crippen molar-refractivity contribution in [1.82, 2.24) is 0 Å². The van der Waals surface area contributed by atoms with Crippen molar-refractivity contribution in [2.75, 3.05) is 33.5 Å². The second-order valence-electron chi connectivity index (χ2n) is 3.83. The molecule has 0 spiro atoms. The number of halogens is 1. The Morgan fingerprint density at radius 2 is 2.05 bits per heavy atom. The molecule has 0 bridgehead atoms. The maximum Gasteiger partial charge on any atom is 0.131 e. The highest BCUT2D eigenvalue weighted by molar-refractivity contribution is 6.34. The van der Waals surface area contributed by atoms with E-state index in [9.17, 15) is 0 Å². The lowest BCUT2D eigenvalue weighted by molar-refractivity contribution is 0.0644. The molecule has 3 N–H and O–H groups in total. The van der Waals surface area contributed by atoms with Gasteiger partial charge in [0, 0.05) is 20.1 Å². The van der Waals surface area contributed by atoms with Gasteiger partial charge in [0.25, 0.3) is 0 Å². The van der Waals surface area contributed by atoms with Crippen LogP contribution in [0.1, 0.15) is 12.0 Å². The van der Waals surface area contributed by atoms with E-state index in [4.69, 9.17) is 37.0 Å². The third-order valence-corrected chi connectivity index (χ3v) is 2.68. The topological polar surface area (TPSA) is 77.6 Å². The Labute approximate surface area is 118 Å². The Bertz CT molecular complexity index is 413. The molecule has 0 aliphatic heterocycles. The van der Waals surface area contributed by atoms with Crippen LogP contribution >= 0.6 is 11.6 Å². The zero-order valence-corrected chi connectivity index (χ0v) is 11.7. The maximum atomic E-state index is 7.48. The van der Waals surface area contributed by atoms with Crippen LogP contribution < -0.4 is 10.5 Å². The van der Waals surface area contributed by atoms with Gasteiger partial charge < -0.3 is 19.9 Å². The summed E-state index contributed by atoms with van der Waals surface area (Å²) in [5, 5.41) is 7.90. The molecule has 0 amide bonds. The minimum Gasteiger partial charge on any atom is -0.493 e. The van der Waals surface area contributed by atoms with E-state index in [1.165, 1.54) is 0 Å². The van der Waals surface area contributed by atoms with Crippen molar-refractivity contribution in [1.29, 1.82) is 5.41 Å². The molecule has 0 fully saturated rings. The third kappa shape index (κ3) is 5.46. The lowest BCUT2D eigenvalue weighted by Crippen LogP contribution is -2.14. The van der Waals surface area contributed by atoms with Crippen molar-refractivity contribution >= 4 is 17.4 Å². The Kier molecular flexibility index (Phi) is 7.25. The molecule has 0 aromatic heterocycles. The van der Waals surface area contributed by atoms with Gasteiger partial charge in [-0.25, -0.2) is 0 Å². The Morgan fingerprint density at radius 3 is 2.74 bits per heavy atom. The Balaban J connectivity index is 2.37. The molecule has 0 saturated carbocycles. The Morgan fingerprint density at radius 1 is 1.26 bits per heavy atom. The van der Waals surface area contributed by atoms with E-state index in [0.29, 0.717) is 42.8 Å². The molecule has 19 heavy (non-hydrogen) atoms. The molecule has 1 aromatic rings. The largest absolute Gasteiger partial charge is 0.493 e. The predicted octanol–water partition coefficient (Wildman–Crippen LogP) is 2.06. The highest BCUT2D eigenvalue weighted by Crippen LogP contribution is 2.25. The summed E-state index contributed by atoms with van der Waals surface area (Å²) in [5.41, 5.74) is 5.92. The number of hydrogen-bond donors (Lipinski definition) is 2. The fourth-order valence-corrected chi connectivity index (χ4v) is 1.74. The summed E-state index contributed by atoms with van der Waals surface area (Å²) in [6.45, 7) is 2.24. The van der Waals surface area contributed by atoms with Crippen LogP contribution in [0.15, 0.2) is 18.2 Å². The van der Waals surface area contributed by atoms with Crippen LogP contribution in [0.4, 0.5) is 0 Å². The maximum absolute atomic E-state index is 7.48. The van der Waals surface area contributed by atoms with Crippen LogP contribution in [0, 0.1) is 5.41 Å².